The molecule has 0 unspecified atom stereocenters. The summed E-state index contributed by atoms with van der Waals surface area (Å²) in [5, 5.41) is 8.11. The number of carbonyl (C=O) groups is 3. The maximum Gasteiger partial charge on any atom is 0.272 e. The van der Waals surface area contributed by atoms with Crippen LogP contribution in [0.3, 0.4) is 0 Å². The molecule has 3 aromatic carbocycles. The largest absolute Gasteiger partial charge is 0.326 e. The van der Waals surface area contributed by atoms with Crippen molar-refractivity contribution in [2.75, 3.05) is 10.6 Å². The van der Waals surface area contributed by atoms with Gasteiger partial charge in [-0.2, -0.15) is 0 Å². The number of allylic oxidation sites excluding steroid dienone is 2. The fourth-order valence-corrected chi connectivity index (χ4v) is 2.82. The van der Waals surface area contributed by atoms with E-state index in [-0.39, 0.29) is 17.5 Å². The molecule has 160 valence electrons. The molecule has 0 aromatic heterocycles. The minimum absolute atomic E-state index is 0.0944. The van der Waals surface area contributed by atoms with Gasteiger partial charge in [0.1, 0.15) is 5.70 Å². The summed E-state index contributed by atoms with van der Waals surface area (Å²) in [7, 11) is 0. The van der Waals surface area contributed by atoms with E-state index >= 15 is 0 Å². The van der Waals surface area contributed by atoms with Crippen molar-refractivity contribution in [1.29, 1.82) is 0 Å². The van der Waals surface area contributed by atoms with Crippen LogP contribution < -0.4 is 16.0 Å². The molecule has 3 aromatic rings. The quantitative estimate of drug-likeness (QED) is 0.382. The van der Waals surface area contributed by atoms with E-state index in [1.165, 1.54) is 6.92 Å². The van der Waals surface area contributed by atoms with E-state index in [4.69, 9.17) is 0 Å². The Labute approximate surface area is 186 Å². The highest BCUT2D eigenvalue weighted by molar-refractivity contribution is 6.08. The van der Waals surface area contributed by atoms with Gasteiger partial charge in [-0.15, -0.1) is 0 Å². The van der Waals surface area contributed by atoms with Crippen LogP contribution in [0, 0.1) is 0 Å². The number of amides is 3. The van der Waals surface area contributed by atoms with Crippen molar-refractivity contribution in [1.82, 2.24) is 5.32 Å². The summed E-state index contributed by atoms with van der Waals surface area (Å²) in [6, 6.07) is 25.0. The lowest BCUT2D eigenvalue weighted by Gasteiger charge is -2.11. The maximum atomic E-state index is 12.9. The molecule has 0 aliphatic rings. The number of rotatable bonds is 7. The number of nitrogens with one attached hydrogen (secondary N) is 3. The van der Waals surface area contributed by atoms with Crippen LogP contribution in [-0.4, -0.2) is 17.7 Å². The highest BCUT2D eigenvalue weighted by Gasteiger charge is 2.14. The predicted octanol–water partition coefficient (Wildman–Crippen LogP) is 4.61. The first-order valence-electron chi connectivity index (χ1n) is 10.00. The van der Waals surface area contributed by atoms with Crippen molar-refractivity contribution in [3.05, 3.63) is 114 Å². The Morgan fingerprint density at radius 1 is 0.719 bits per heavy atom. The molecule has 32 heavy (non-hydrogen) atoms. The molecule has 3 N–H and O–H groups in total. The Hall–Kier alpha value is -4.45. The molecule has 0 bridgehead atoms. The van der Waals surface area contributed by atoms with Crippen LogP contribution in [0.2, 0.25) is 0 Å². The lowest BCUT2D eigenvalue weighted by Crippen LogP contribution is -2.30. The van der Waals surface area contributed by atoms with Gasteiger partial charge in [-0.25, -0.2) is 0 Å². The highest BCUT2D eigenvalue weighted by atomic mass is 16.2. The number of benzene rings is 3. The third kappa shape index (κ3) is 6.81. The molecule has 0 radical (unpaired) electrons. The normalized spacial score (nSPS) is 11.1. The Morgan fingerprint density at radius 3 is 1.88 bits per heavy atom. The SMILES string of the molecule is CC(=O)Nc1ccc(NC(=O)/C(=C\C=C\c2ccccc2)NC(=O)c2ccccc2)cc1. The van der Waals surface area contributed by atoms with Crippen LogP contribution in [0.4, 0.5) is 11.4 Å². The molecular formula is C26H23N3O3. The van der Waals surface area contributed by atoms with Gasteiger partial charge in [0.05, 0.1) is 0 Å². The molecule has 0 aliphatic heterocycles. The number of hydrogen-bond acceptors (Lipinski definition) is 3. The minimum atomic E-state index is -0.473. The van der Waals surface area contributed by atoms with Crippen molar-refractivity contribution in [2.24, 2.45) is 0 Å². The topological polar surface area (TPSA) is 87.3 Å². The molecule has 0 atom stereocenters. The number of carbonyl (C=O) groups excluding carboxylic acids is 3. The van der Waals surface area contributed by atoms with Crippen LogP contribution in [0.5, 0.6) is 0 Å². The van der Waals surface area contributed by atoms with Gasteiger partial charge >= 0.3 is 0 Å². The summed E-state index contributed by atoms with van der Waals surface area (Å²) in [4.78, 5) is 36.6. The zero-order valence-electron chi connectivity index (χ0n) is 17.5. The van der Waals surface area contributed by atoms with Gasteiger partial charge in [-0.1, -0.05) is 60.7 Å². The number of hydrogen-bond donors (Lipinski definition) is 3. The van der Waals surface area contributed by atoms with E-state index in [9.17, 15) is 14.4 Å². The lowest BCUT2D eigenvalue weighted by atomic mass is 10.2. The predicted molar refractivity (Wildman–Crippen MR) is 127 cm³/mol. The molecule has 0 aliphatic carbocycles. The van der Waals surface area contributed by atoms with Gasteiger partial charge in [0.25, 0.3) is 11.8 Å². The highest BCUT2D eigenvalue weighted by Crippen LogP contribution is 2.14. The molecule has 0 heterocycles. The van der Waals surface area contributed by atoms with Gasteiger partial charge in [-0.05, 0) is 48.0 Å². The molecular weight excluding hydrogens is 402 g/mol. The number of anilines is 2. The minimum Gasteiger partial charge on any atom is -0.326 e. The van der Waals surface area contributed by atoms with E-state index in [2.05, 4.69) is 16.0 Å². The van der Waals surface area contributed by atoms with Crippen LogP contribution in [0.25, 0.3) is 6.08 Å². The van der Waals surface area contributed by atoms with E-state index in [0.29, 0.717) is 16.9 Å². The zero-order chi connectivity index (χ0) is 22.8. The van der Waals surface area contributed by atoms with Crippen LogP contribution in [-0.2, 0) is 9.59 Å². The molecule has 3 rings (SSSR count). The van der Waals surface area contributed by atoms with Crippen molar-refractivity contribution < 1.29 is 14.4 Å². The van der Waals surface area contributed by atoms with Crippen LogP contribution in [0.15, 0.2) is 103 Å². The Balaban J connectivity index is 1.78. The average molecular weight is 425 g/mol. The fraction of sp³-hybridized carbons (Fsp3) is 0.0385. The van der Waals surface area contributed by atoms with Gasteiger partial charge in [0.2, 0.25) is 5.91 Å². The Bertz CT molecular complexity index is 1140. The second-order valence-corrected chi connectivity index (χ2v) is 6.88. The summed E-state index contributed by atoms with van der Waals surface area (Å²) >= 11 is 0. The standard InChI is InChI=1S/C26H23N3O3/c1-19(30)27-22-15-17-23(18-16-22)28-26(32)24(14-8-11-20-9-4-2-5-10-20)29-25(31)21-12-6-3-7-13-21/h2-18H,1H3,(H,27,30)(H,28,32)(H,29,31)/b11-8+,24-14+. The second-order valence-electron chi connectivity index (χ2n) is 6.88. The molecule has 0 fully saturated rings. The first-order valence-corrected chi connectivity index (χ1v) is 10.00. The van der Waals surface area contributed by atoms with Crippen LogP contribution in [0.1, 0.15) is 22.8 Å². The third-order valence-corrected chi connectivity index (χ3v) is 4.34. The van der Waals surface area contributed by atoms with E-state index in [1.807, 2.05) is 42.5 Å². The van der Waals surface area contributed by atoms with E-state index in [1.54, 1.807) is 60.7 Å². The summed E-state index contributed by atoms with van der Waals surface area (Å²) in [6.07, 6.45) is 5.09. The summed E-state index contributed by atoms with van der Waals surface area (Å²) in [6.45, 7) is 1.42. The lowest BCUT2D eigenvalue weighted by molar-refractivity contribution is -0.114. The van der Waals surface area contributed by atoms with E-state index < -0.39 is 5.91 Å². The average Bonchev–Trinajstić information content (AvgIpc) is 2.80. The Kier molecular flexibility index (Phi) is 7.70. The second kappa shape index (κ2) is 11.1. The molecule has 0 saturated carbocycles. The third-order valence-electron chi connectivity index (χ3n) is 4.34. The van der Waals surface area contributed by atoms with Crippen molar-refractivity contribution >= 4 is 35.2 Å². The van der Waals surface area contributed by atoms with Gasteiger partial charge in [0, 0.05) is 23.9 Å². The van der Waals surface area contributed by atoms with Crippen LogP contribution >= 0.6 is 0 Å². The fourth-order valence-electron chi connectivity index (χ4n) is 2.82. The first-order chi connectivity index (χ1) is 15.5. The van der Waals surface area contributed by atoms with Gasteiger partial charge in [0.15, 0.2) is 0 Å². The summed E-state index contributed by atoms with van der Waals surface area (Å²) in [5.74, 6) is -1.04. The van der Waals surface area contributed by atoms with Crippen molar-refractivity contribution in [3.8, 4) is 0 Å². The smallest absolute Gasteiger partial charge is 0.272 e. The Morgan fingerprint density at radius 2 is 1.28 bits per heavy atom. The van der Waals surface area contributed by atoms with Gasteiger partial charge < -0.3 is 16.0 Å². The molecule has 0 spiro atoms. The molecule has 0 saturated heterocycles. The van der Waals surface area contributed by atoms with E-state index in [0.717, 1.165) is 5.56 Å². The molecule has 6 heteroatoms. The van der Waals surface area contributed by atoms with Crippen molar-refractivity contribution in [2.45, 2.75) is 6.92 Å². The maximum absolute atomic E-state index is 12.9. The molecule has 3 amide bonds. The molecule has 6 nitrogen and oxygen atoms in total. The summed E-state index contributed by atoms with van der Waals surface area (Å²) in [5.41, 5.74) is 2.65. The van der Waals surface area contributed by atoms with Gasteiger partial charge in [-0.3, -0.25) is 14.4 Å². The monoisotopic (exact) mass is 425 g/mol. The van der Waals surface area contributed by atoms with Crippen molar-refractivity contribution in [3.63, 3.8) is 0 Å². The zero-order valence-corrected chi connectivity index (χ0v) is 17.5. The first kappa shape index (κ1) is 22.2. The summed E-state index contributed by atoms with van der Waals surface area (Å²) < 4.78 is 0.